The van der Waals surface area contributed by atoms with Crippen LogP contribution in [-0.2, 0) is 10.2 Å². The summed E-state index contributed by atoms with van der Waals surface area (Å²) in [5.74, 6) is 0.0683. The number of halogens is 2. The number of hydrogen-bond donors (Lipinski definition) is 2. The van der Waals surface area contributed by atoms with E-state index >= 15 is 0 Å². The van der Waals surface area contributed by atoms with Crippen LogP contribution in [-0.4, -0.2) is 26.0 Å². The van der Waals surface area contributed by atoms with Crippen LogP contribution in [0.4, 0.5) is 0 Å². The fraction of sp³-hybridized carbons (Fsp3) is 0.500. The second-order valence-corrected chi connectivity index (χ2v) is 5.87. The van der Waals surface area contributed by atoms with Gasteiger partial charge in [0.15, 0.2) is 0 Å². The second-order valence-electron chi connectivity index (χ2n) is 4.95. The highest BCUT2D eigenvalue weighted by atomic mass is 79.9. The van der Waals surface area contributed by atoms with Crippen LogP contribution in [0.5, 0.6) is 0 Å². The Morgan fingerprint density at radius 1 is 1.42 bits per heavy atom. The molecular formula is C14H20BrClN2O. The van der Waals surface area contributed by atoms with Crippen LogP contribution < -0.4 is 10.6 Å². The summed E-state index contributed by atoms with van der Waals surface area (Å²) >= 11 is 3.52. The first-order valence-corrected chi connectivity index (χ1v) is 7.13. The molecule has 0 saturated heterocycles. The largest absolute Gasteiger partial charge is 0.354 e. The summed E-state index contributed by atoms with van der Waals surface area (Å²) < 4.78 is 1.10. The molecule has 106 valence electrons. The molecule has 0 atom stereocenters. The van der Waals surface area contributed by atoms with Crippen molar-refractivity contribution in [1.29, 1.82) is 0 Å². The quantitative estimate of drug-likeness (QED) is 0.860. The topological polar surface area (TPSA) is 41.1 Å². The standard InChI is InChI=1S/C14H19BrN2O.ClH/c1-16-9-13(18)17-10-14(6-3-7-14)11-4-2-5-12(15)8-11;/h2,4-5,8,16H,3,6-7,9-10H2,1H3,(H,17,18);1H. The molecule has 0 radical (unpaired) electrons. The minimum atomic E-state index is 0. The van der Waals surface area contributed by atoms with Crippen molar-refractivity contribution in [3.63, 3.8) is 0 Å². The molecule has 0 spiro atoms. The van der Waals surface area contributed by atoms with E-state index in [9.17, 15) is 4.79 Å². The van der Waals surface area contributed by atoms with Crippen LogP contribution >= 0.6 is 28.3 Å². The fourth-order valence-electron chi connectivity index (χ4n) is 2.48. The van der Waals surface area contributed by atoms with E-state index < -0.39 is 0 Å². The van der Waals surface area contributed by atoms with Gasteiger partial charge in [-0.05, 0) is 37.6 Å². The first kappa shape index (κ1) is 16.5. The predicted molar refractivity (Wildman–Crippen MR) is 83.9 cm³/mol. The van der Waals surface area contributed by atoms with E-state index in [1.165, 1.54) is 12.0 Å². The molecule has 1 aliphatic carbocycles. The van der Waals surface area contributed by atoms with E-state index in [4.69, 9.17) is 0 Å². The molecule has 0 bridgehead atoms. The molecule has 19 heavy (non-hydrogen) atoms. The minimum Gasteiger partial charge on any atom is -0.354 e. The molecule has 0 unspecified atom stereocenters. The number of amides is 1. The van der Waals surface area contributed by atoms with E-state index in [1.54, 1.807) is 7.05 Å². The zero-order valence-corrected chi connectivity index (χ0v) is 13.4. The lowest BCUT2D eigenvalue weighted by atomic mass is 9.64. The van der Waals surface area contributed by atoms with Crippen LogP contribution in [0.15, 0.2) is 28.7 Å². The highest BCUT2D eigenvalue weighted by molar-refractivity contribution is 9.10. The van der Waals surface area contributed by atoms with E-state index in [-0.39, 0.29) is 23.7 Å². The van der Waals surface area contributed by atoms with Crippen molar-refractivity contribution in [3.05, 3.63) is 34.3 Å². The van der Waals surface area contributed by atoms with E-state index in [1.807, 2.05) is 6.07 Å². The molecule has 0 aliphatic heterocycles. The zero-order valence-electron chi connectivity index (χ0n) is 11.0. The van der Waals surface area contributed by atoms with Gasteiger partial charge in [-0.3, -0.25) is 4.79 Å². The lowest BCUT2D eigenvalue weighted by molar-refractivity contribution is -0.120. The molecule has 2 rings (SSSR count). The van der Waals surface area contributed by atoms with Crippen molar-refractivity contribution in [1.82, 2.24) is 10.6 Å². The maximum absolute atomic E-state index is 11.5. The normalized spacial score (nSPS) is 16.1. The maximum atomic E-state index is 11.5. The minimum absolute atomic E-state index is 0. The summed E-state index contributed by atoms with van der Waals surface area (Å²) in [5.41, 5.74) is 1.47. The van der Waals surface area contributed by atoms with E-state index in [0.717, 1.165) is 23.9 Å². The molecular weight excluding hydrogens is 328 g/mol. The Morgan fingerprint density at radius 3 is 2.68 bits per heavy atom. The van der Waals surface area contributed by atoms with Gasteiger partial charge in [-0.2, -0.15) is 0 Å². The molecule has 1 aromatic carbocycles. The van der Waals surface area contributed by atoms with Crippen LogP contribution in [0.25, 0.3) is 0 Å². The highest BCUT2D eigenvalue weighted by Crippen LogP contribution is 2.43. The summed E-state index contributed by atoms with van der Waals surface area (Å²) in [5, 5.41) is 5.90. The number of carbonyl (C=O) groups is 1. The van der Waals surface area contributed by atoms with Crippen LogP contribution in [0.3, 0.4) is 0 Å². The molecule has 5 heteroatoms. The Hall–Kier alpha value is -0.580. The number of hydrogen-bond acceptors (Lipinski definition) is 2. The van der Waals surface area contributed by atoms with Gasteiger partial charge in [-0.15, -0.1) is 12.4 Å². The van der Waals surface area contributed by atoms with Gasteiger partial charge >= 0.3 is 0 Å². The third-order valence-electron chi connectivity index (χ3n) is 3.71. The third kappa shape index (κ3) is 3.94. The summed E-state index contributed by atoms with van der Waals surface area (Å²) in [7, 11) is 1.78. The number of nitrogens with one attached hydrogen (secondary N) is 2. The first-order chi connectivity index (χ1) is 8.66. The Kier molecular flexibility index (Phi) is 6.30. The first-order valence-electron chi connectivity index (χ1n) is 6.34. The van der Waals surface area contributed by atoms with Gasteiger partial charge in [0.25, 0.3) is 0 Å². The Morgan fingerprint density at radius 2 is 2.16 bits per heavy atom. The average Bonchev–Trinajstić information content (AvgIpc) is 2.28. The molecule has 1 amide bonds. The van der Waals surface area contributed by atoms with Crippen molar-refractivity contribution >= 4 is 34.2 Å². The molecule has 1 fully saturated rings. The van der Waals surface area contributed by atoms with Crippen molar-refractivity contribution in [2.45, 2.75) is 24.7 Å². The van der Waals surface area contributed by atoms with Crippen LogP contribution in [0.1, 0.15) is 24.8 Å². The van der Waals surface area contributed by atoms with E-state index in [0.29, 0.717) is 6.54 Å². The fourth-order valence-corrected chi connectivity index (χ4v) is 2.88. The number of rotatable bonds is 5. The van der Waals surface area contributed by atoms with Crippen molar-refractivity contribution in [2.24, 2.45) is 0 Å². The van der Waals surface area contributed by atoms with Crippen LogP contribution in [0.2, 0.25) is 0 Å². The molecule has 2 N–H and O–H groups in total. The predicted octanol–water partition coefficient (Wildman–Crippen LogP) is 2.63. The number of likely N-dealkylation sites (N-methyl/N-ethyl adjacent to an activating group) is 1. The number of benzene rings is 1. The van der Waals surface area contributed by atoms with Gasteiger partial charge in [0.1, 0.15) is 0 Å². The van der Waals surface area contributed by atoms with Crippen molar-refractivity contribution < 1.29 is 4.79 Å². The van der Waals surface area contributed by atoms with Crippen molar-refractivity contribution in [3.8, 4) is 0 Å². The van der Waals surface area contributed by atoms with Gasteiger partial charge in [0.2, 0.25) is 5.91 Å². The van der Waals surface area contributed by atoms with E-state index in [2.05, 4.69) is 44.8 Å². The maximum Gasteiger partial charge on any atom is 0.233 e. The molecule has 1 aliphatic rings. The lowest BCUT2D eigenvalue weighted by Crippen LogP contribution is -2.47. The lowest BCUT2D eigenvalue weighted by Gasteiger charge is -2.42. The summed E-state index contributed by atoms with van der Waals surface area (Å²) in [6.07, 6.45) is 3.56. The molecule has 0 aromatic heterocycles. The smallest absolute Gasteiger partial charge is 0.233 e. The van der Waals surface area contributed by atoms with Crippen molar-refractivity contribution in [2.75, 3.05) is 20.1 Å². The Bertz CT molecular complexity index is 435. The average molecular weight is 348 g/mol. The number of carbonyl (C=O) groups excluding carboxylic acids is 1. The highest BCUT2D eigenvalue weighted by Gasteiger charge is 2.38. The monoisotopic (exact) mass is 346 g/mol. The molecule has 1 saturated carbocycles. The second kappa shape index (κ2) is 7.27. The molecule has 1 aromatic rings. The van der Waals surface area contributed by atoms with Gasteiger partial charge in [-0.25, -0.2) is 0 Å². The van der Waals surface area contributed by atoms with Gasteiger partial charge in [0, 0.05) is 16.4 Å². The Balaban J connectivity index is 0.00000180. The Labute approximate surface area is 129 Å². The zero-order chi connectivity index (χ0) is 13.0. The van der Waals surface area contributed by atoms with Crippen LogP contribution in [0, 0.1) is 0 Å². The molecule has 0 heterocycles. The summed E-state index contributed by atoms with van der Waals surface area (Å²) in [6, 6.07) is 8.43. The third-order valence-corrected chi connectivity index (χ3v) is 4.20. The van der Waals surface area contributed by atoms with Gasteiger partial charge in [-0.1, -0.05) is 34.5 Å². The SMILES string of the molecule is CNCC(=O)NCC1(c2cccc(Br)c2)CCC1.Cl. The molecule has 3 nitrogen and oxygen atoms in total. The summed E-state index contributed by atoms with van der Waals surface area (Å²) in [4.78, 5) is 11.5. The summed E-state index contributed by atoms with van der Waals surface area (Å²) in [6.45, 7) is 1.12. The van der Waals surface area contributed by atoms with Gasteiger partial charge in [0.05, 0.1) is 6.54 Å². The van der Waals surface area contributed by atoms with Gasteiger partial charge < -0.3 is 10.6 Å².